The van der Waals surface area contributed by atoms with Gasteiger partial charge in [-0.15, -0.1) is 0 Å². The van der Waals surface area contributed by atoms with E-state index in [9.17, 15) is 8.42 Å². The third-order valence-corrected chi connectivity index (χ3v) is 6.82. The van der Waals surface area contributed by atoms with E-state index in [0.29, 0.717) is 49.1 Å². The van der Waals surface area contributed by atoms with Gasteiger partial charge in [0.05, 0.1) is 11.5 Å². The third kappa shape index (κ3) is 3.77. The van der Waals surface area contributed by atoms with Crippen LogP contribution in [0.1, 0.15) is 29.9 Å². The summed E-state index contributed by atoms with van der Waals surface area (Å²) in [6, 6.07) is 6.94. The lowest BCUT2D eigenvalue weighted by Crippen LogP contribution is -2.41. The van der Waals surface area contributed by atoms with Crippen LogP contribution in [-0.4, -0.2) is 48.5 Å². The summed E-state index contributed by atoms with van der Waals surface area (Å²) in [6.45, 7) is 5.21. The van der Waals surface area contributed by atoms with Crippen molar-refractivity contribution in [2.75, 3.05) is 19.7 Å². The fourth-order valence-electron chi connectivity index (χ4n) is 3.58. The highest BCUT2D eigenvalue weighted by Gasteiger charge is 2.31. The monoisotopic (exact) mass is 389 g/mol. The zero-order valence-electron chi connectivity index (χ0n) is 15.5. The van der Waals surface area contributed by atoms with E-state index in [1.165, 1.54) is 0 Å². The maximum absolute atomic E-state index is 13.0. The summed E-state index contributed by atoms with van der Waals surface area (Å²) >= 11 is 0. The maximum Gasteiger partial charge on any atom is 0.243 e. The Morgan fingerprint density at radius 2 is 1.93 bits per heavy atom. The van der Waals surface area contributed by atoms with Crippen LogP contribution in [0.2, 0.25) is 0 Å². The van der Waals surface area contributed by atoms with Gasteiger partial charge in [0, 0.05) is 31.3 Å². The molecule has 2 aliphatic rings. The highest BCUT2D eigenvalue weighted by molar-refractivity contribution is 7.89. The van der Waals surface area contributed by atoms with Crippen LogP contribution in [0.25, 0.3) is 0 Å². The van der Waals surface area contributed by atoms with E-state index >= 15 is 0 Å². The maximum atomic E-state index is 13.0. The molecule has 0 radical (unpaired) electrons. The zero-order chi connectivity index (χ0) is 19.0. The second-order valence-electron chi connectivity index (χ2n) is 6.98. The van der Waals surface area contributed by atoms with E-state index < -0.39 is 10.0 Å². The van der Waals surface area contributed by atoms with E-state index in [-0.39, 0.29) is 6.10 Å². The van der Waals surface area contributed by atoms with E-state index in [0.717, 1.165) is 23.4 Å². The van der Waals surface area contributed by atoms with Crippen LogP contribution in [-0.2, 0) is 16.4 Å². The Kier molecular flexibility index (Phi) is 4.77. The van der Waals surface area contributed by atoms with Crippen LogP contribution in [0.15, 0.2) is 29.2 Å². The molecule has 4 rings (SSSR count). The van der Waals surface area contributed by atoms with Crippen molar-refractivity contribution in [3.63, 3.8) is 0 Å². The Labute approximate surface area is 159 Å². The Morgan fingerprint density at radius 1 is 1.15 bits per heavy atom. The molecule has 1 saturated heterocycles. The molecule has 0 aliphatic carbocycles. The number of sulfonamides is 1. The minimum absolute atomic E-state index is 0.0430. The third-order valence-electron chi connectivity index (χ3n) is 4.93. The lowest BCUT2D eigenvalue weighted by Gasteiger charge is -2.31. The summed E-state index contributed by atoms with van der Waals surface area (Å²) in [6.07, 6.45) is 1.98. The summed E-state index contributed by atoms with van der Waals surface area (Å²) in [5, 5.41) is 0. The first-order valence-corrected chi connectivity index (χ1v) is 10.6. The Morgan fingerprint density at radius 3 is 2.67 bits per heavy atom. The molecule has 1 aromatic carbocycles. The molecule has 0 N–H and O–H groups in total. The largest absolute Gasteiger partial charge is 0.493 e. The van der Waals surface area contributed by atoms with Gasteiger partial charge in [0.2, 0.25) is 15.9 Å². The number of hydrogen-bond acceptors (Lipinski definition) is 6. The molecule has 7 nitrogen and oxygen atoms in total. The number of ether oxygens (including phenoxy) is 2. The molecule has 0 amide bonds. The molecule has 2 aromatic rings. The van der Waals surface area contributed by atoms with Gasteiger partial charge in [-0.3, -0.25) is 0 Å². The van der Waals surface area contributed by atoms with Gasteiger partial charge >= 0.3 is 0 Å². The topological polar surface area (TPSA) is 81.6 Å². The quantitative estimate of drug-likeness (QED) is 0.798. The van der Waals surface area contributed by atoms with Crippen molar-refractivity contribution in [3.8, 4) is 11.6 Å². The highest BCUT2D eigenvalue weighted by atomic mass is 32.2. The van der Waals surface area contributed by atoms with Gasteiger partial charge < -0.3 is 9.47 Å². The molecule has 0 unspecified atom stereocenters. The molecule has 8 heteroatoms. The molecule has 144 valence electrons. The fourth-order valence-corrected chi connectivity index (χ4v) is 5.10. The predicted molar refractivity (Wildman–Crippen MR) is 99.6 cm³/mol. The van der Waals surface area contributed by atoms with Gasteiger partial charge in [0.25, 0.3) is 0 Å². The van der Waals surface area contributed by atoms with E-state index in [4.69, 9.17) is 9.47 Å². The molecule has 3 heterocycles. The summed E-state index contributed by atoms with van der Waals surface area (Å²) in [5.41, 5.74) is 1.82. The van der Waals surface area contributed by atoms with Crippen molar-refractivity contribution in [2.45, 2.75) is 44.1 Å². The number of aromatic nitrogens is 2. The normalized spacial score (nSPS) is 18.1. The van der Waals surface area contributed by atoms with Crippen molar-refractivity contribution in [1.82, 2.24) is 14.3 Å². The number of piperidine rings is 1. The van der Waals surface area contributed by atoms with Gasteiger partial charge in [0.1, 0.15) is 17.7 Å². The minimum atomic E-state index is -3.50. The standard InChI is InChI=1S/C19H23N3O4S/c1-13-11-19(21-14(2)20-13)26-16-5-8-22(9-6-16)27(23,24)17-3-4-18-15(12-17)7-10-25-18/h3-4,11-12,16H,5-10H2,1-2H3. The number of benzene rings is 1. The second-order valence-corrected chi connectivity index (χ2v) is 8.92. The van der Waals surface area contributed by atoms with Crippen molar-refractivity contribution in [2.24, 2.45) is 0 Å². The van der Waals surface area contributed by atoms with Gasteiger partial charge in [0.15, 0.2) is 0 Å². The zero-order valence-corrected chi connectivity index (χ0v) is 16.3. The van der Waals surface area contributed by atoms with E-state index in [1.54, 1.807) is 22.5 Å². The van der Waals surface area contributed by atoms with Crippen molar-refractivity contribution >= 4 is 10.0 Å². The number of rotatable bonds is 4. The van der Waals surface area contributed by atoms with E-state index in [2.05, 4.69) is 9.97 Å². The molecule has 0 saturated carbocycles. The minimum Gasteiger partial charge on any atom is -0.493 e. The molecule has 2 aliphatic heterocycles. The number of aryl methyl sites for hydroxylation is 2. The first kappa shape index (κ1) is 18.2. The number of hydrogen-bond donors (Lipinski definition) is 0. The summed E-state index contributed by atoms with van der Waals surface area (Å²) in [7, 11) is -3.50. The average molecular weight is 389 g/mol. The molecule has 0 bridgehead atoms. The molecular weight excluding hydrogens is 366 g/mol. The van der Waals surface area contributed by atoms with Crippen LogP contribution in [0.3, 0.4) is 0 Å². The summed E-state index contributed by atoms with van der Waals surface area (Å²) in [5.74, 6) is 2.02. The van der Waals surface area contributed by atoms with Crippen LogP contribution < -0.4 is 9.47 Å². The molecule has 0 atom stereocenters. The Bertz CT molecular complexity index is 933. The highest BCUT2D eigenvalue weighted by Crippen LogP contribution is 2.30. The smallest absolute Gasteiger partial charge is 0.243 e. The van der Waals surface area contributed by atoms with Crippen molar-refractivity contribution in [3.05, 3.63) is 41.3 Å². The lowest BCUT2D eigenvalue weighted by molar-refractivity contribution is 0.129. The lowest BCUT2D eigenvalue weighted by atomic mass is 10.1. The van der Waals surface area contributed by atoms with Crippen LogP contribution in [0.4, 0.5) is 0 Å². The number of nitrogens with zero attached hydrogens (tertiary/aromatic N) is 3. The first-order chi connectivity index (χ1) is 12.9. The first-order valence-electron chi connectivity index (χ1n) is 9.16. The molecule has 27 heavy (non-hydrogen) atoms. The van der Waals surface area contributed by atoms with Crippen LogP contribution in [0.5, 0.6) is 11.6 Å². The van der Waals surface area contributed by atoms with Gasteiger partial charge in [-0.05, 0) is 50.5 Å². The molecular formula is C19H23N3O4S. The van der Waals surface area contributed by atoms with Crippen LogP contribution in [0, 0.1) is 13.8 Å². The van der Waals surface area contributed by atoms with Gasteiger partial charge in [-0.2, -0.15) is 9.29 Å². The van der Waals surface area contributed by atoms with E-state index in [1.807, 2.05) is 19.9 Å². The molecule has 1 fully saturated rings. The summed E-state index contributed by atoms with van der Waals surface area (Å²) < 4.78 is 38.9. The Hall–Kier alpha value is -2.19. The predicted octanol–water partition coefficient (Wildman–Crippen LogP) is 2.26. The van der Waals surface area contributed by atoms with Crippen LogP contribution >= 0.6 is 0 Å². The van der Waals surface area contributed by atoms with Gasteiger partial charge in [-0.25, -0.2) is 13.4 Å². The summed E-state index contributed by atoms with van der Waals surface area (Å²) in [4.78, 5) is 8.88. The second kappa shape index (κ2) is 7.09. The van der Waals surface area contributed by atoms with Crippen molar-refractivity contribution in [1.29, 1.82) is 0 Å². The SMILES string of the molecule is Cc1cc(OC2CCN(S(=O)(=O)c3ccc4c(c3)CCO4)CC2)nc(C)n1. The van der Waals surface area contributed by atoms with Gasteiger partial charge in [-0.1, -0.05) is 0 Å². The molecule has 1 aromatic heterocycles. The van der Waals surface area contributed by atoms with Crippen molar-refractivity contribution < 1.29 is 17.9 Å². The molecule has 0 spiro atoms. The Balaban J connectivity index is 1.42. The fraction of sp³-hybridized carbons (Fsp3) is 0.474. The average Bonchev–Trinajstić information content (AvgIpc) is 3.09. The number of fused-ring (bicyclic) bond motifs is 1.